The van der Waals surface area contributed by atoms with Crippen molar-refractivity contribution in [2.75, 3.05) is 11.4 Å². The van der Waals surface area contributed by atoms with E-state index >= 15 is 0 Å². The molecular weight excluding hydrogens is 394 g/mol. The maximum atomic E-state index is 10.8. The lowest BCUT2D eigenvalue weighted by Crippen LogP contribution is -2.26. The molecule has 5 nitrogen and oxygen atoms in total. The largest absolute Gasteiger partial charge is 0.510 e. The second-order valence-corrected chi connectivity index (χ2v) is 8.40. The third-order valence-corrected chi connectivity index (χ3v) is 6.32. The summed E-state index contributed by atoms with van der Waals surface area (Å²) < 4.78 is 0. The van der Waals surface area contributed by atoms with Gasteiger partial charge in [0.15, 0.2) is 0 Å². The van der Waals surface area contributed by atoms with E-state index in [1.54, 1.807) is 17.0 Å². The van der Waals surface area contributed by atoms with Crippen LogP contribution in [0.15, 0.2) is 72.5 Å². The average molecular weight is 414 g/mol. The number of hydrogen-bond acceptors (Lipinski definition) is 5. The van der Waals surface area contributed by atoms with Crippen molar-refractivity contribution >= 4 is 39.2 Å². The summed E-state index contributed by atoms with van der Waals surface area (Å²) in [5, 5.41) is 31.9. The van der Waals surface area contributed by atoms with E-state index in [4.69, 9.17) is 10.4 Å². The van der Waals surface area contributed by atoms with E-state index in [1.807, 2.05) is 61.5 Å². The fraction of sp³-hybridized carbons (Fsp3) is 0.0833. The number of phenols is 1. The molecule has 0 saturated heterocycles. The topological polar surface area (TPSA) is 80.4 Å². The van der Waals surface area contributed by atoms with Crippen LogP contribution in [-0.2, 0) is 0 Å². The van der Waals surface area contributed by atoms with Crippen molar-refractivity contribution in [2.24, 2.45) is 0 Å². The molecule has 5 rings (SSSR count). The zero-order valence-corrected chi connectivity index (χ0v) is 17.1. The highest BCUT2D eigenvalue weighted by molar-refractivity contribution is 7.13. The standard InChI is InChI=1S/C24H19N3O2S/c1-14-22(15-7-3-2-4-8-15)26-24(30-14)21-20(29)13-27(23(21)25)18-11-5-10-17-16(18)9-6-12-19(17)28/h2-12,25,28-29H,13H2,1H3. The summed E-state index contributed by atoms with van der Waals surface area (Å²) in [6, 6.07) is 20.9. The van der Waals surface area contributed by atoms with Gasteiger partial charge in [0.2, 0.25) is 0 Å². The fourth-order valence-corrected chi connectivity index (χ4v) is 4.89. The molecule has 148 valence electrons. The molecule has 0 radical (unpaired) electrons. The third-order valence-electron chi connectivity index (χ3n) is 5.33. The number of rotatable bonds is 3. The molecule has 4 aromatic rings. The molecule has 0 unspecified atom stereocenters. The van der Waals surface area contributed by atoms with Crippen LogP contribution in [0.2, 0.25) is 0 Å². The zero-order chi connectivity index (χ0) is 20.8. The summed E-state index contributed by atoms with van der Waals surface area (Å²) in [6.07, 6.45) is 0. The molecule has 3 aromatic carbocycles. The SMILES string of the molecule is Cc1sc(C2=C(O)CN(c3cccc4c(O)cccc34)C2=N)nc1-c1ccccc1. The first-order valence-corrected chi connectivity index (χ1v) is 10.4. The molecule has 1 aliphatic heterocycles. The molecule has 2 heterocycles. The number of aliphatic hydroxyl groups excluding tert-OH is 1. The van der Waals surface area contributed by atoms with E-state index in [0.717, 1.165) is 27.2 Å². The Labute approximate surface area is 177 Å². The van der Waals surface area contributed by atoms with Crippen LogP contribution < -0.4 is 4.90 Å². The maximum Gasteiger partial charge on any atom is 0.139 e. The number of anilines is 1. The van der Waals surface area contributed by atoms with Crippen LogP contribution in [0.1, 0.15) is 9.88 Å². The van der Waals surface area contributed by atoms with Crippen molar-refractivity contribution < 1.29 is 10.2 Å². The minimum Gasteiger partial charge on any atom is -0.510 e. The van der Waals surface area contributed by atoms with Crippen molar-refractivity contribution in [1.82, 2.24) is 4.98 Å². The Morgan fingerprint density at radius 2 is 1.67 bits per heavy atom. The highest BCUT2D eigenvalue weighted by atomic mass is 32.1. The van der Waals surface area contributed by atoms with Crippen LogP contribution in [0.5, 0.6) is 5.75 Å². The van der Waals surface area contributed by atoms with Crippen LogP contribution in [0, 0.1) is 12.3 Å². The lowest BCUT2D eigenvalue weighted by atomic mass is 10.1. The minimum absolute atomic E-state index is 0.130. The quantitative estimate of drug-likeness (QED) is 0.400. The van der Waals surface area contributed by atoms with Crippen molar-refractivity contribution in [3.63, 3.8) is 0 Å². The van der Waals surface area contributed by atoms with Gasteiger partial charge >= 0.3 is 0 Å². The molecule has 0 atom stereocenters. The Balaban J connectivity index is 1.55. The van der Waals surface area contributed by atoms with Gasteiger partial charge in [-0.1, -0.05) is 54.6 Å². The van der Waals surface area contributed by atoms with E-state index in [0.29, 0.717) is 16.0 Å². The average Bonchev–Trinajstić information content (AvgIpc) is 3.27. The number of thiazole rings is 1. The van der Waals surface area contributed by atoms with Crippen molar-refractivity contribution in [3.05, 3.63) is 82.4 Å². The van der Waals surface area contributed by atoms with Gasteiger partial charge in [0.25, 0.3) is 0 Å². The summed E-state index contributed by atoms with van der Waals surface area (Å²) in [7, 11) is 0. The summed E-state index contributed by atoms with van der Waals surface area (Å²) in [4.78, 5) is 7.56. The lowest BCUT2D eigenvalue weighted by Gasteiger charge is -2.21. The number of nitrogens with zero attached hydrogens (tertiary/aromatic N) is 2. The summed E-state index contributed by atoms with van der Waals surface area (Å²) in [6.45, 7) is 2.20. The van der Waals surface area contributed by atoms with E-state index in [9.17, 15) is 10.2 Å². The number of phenolic OH excluding ortho intramolecular Hbond substituents is 1. The van der Waals surface area contributed by atoms with E-state index in [-0.39, 0.29) is 23.9 Å². The first-order valence-electron chi connectivity index (χ1n) is 9.57. The second kappa shape index (κ2) is 7.00. The van der Waals surface area contributed by atoms with Crippen LogP contribution in [0.25, 0.3) is 27.6 Å². The van der Waals surface area contributed by atoms with Gasteiger partial charge in [-0.2, -0.15) is 0 Å². The smallest absolute Gasteiger partial charge is 0.139 e. The normalized spacial score (nSPS) is 14.2. The Morgan fingerprint density at radius 1 is 0.933 bits per heavy atom. The molecule has 1 aliphatic rings. The van der Waals surface area contributed by atoms with Crippen LogP contribution >= 0.6 is 11.3 Å². The summed E-state index contributed by atoms with van der Waals surface area (Å²) in [5.41, 5.74) is 3.12. The molecule has 0 spiro atoms. The lowest BCUT2D eigenvalue weighted by molar-refractivity contribution is 0.411. The van der Waals surface area contributed by atoms with E-state index < -0.39 is 0 Å². The van der Waals surface area contributed by atoms with E-state index in [1.165, 1.54) is 11.3 Å². The van der Waals surface area contributed by atoms with E-state index in [2.05, 4.69) is 0 Å². The predicted molar refractivity (Wildman–Crippen MR) is 123 cm³/mol. The number of benzene rings is 3. The zero-order valence-electron chi connectivity index (χ0n) is 16.3. The number of aromatic nitrogens is 1. The summed E-state index contributed by atoms with van der Waals surface area (Å²) in [5.74, 6) is 0.530. The highest BCUT2D eigenvalue weighted by Crippen LogP contribution is 2.39. The second-order valence-electron chi connectivity index (χ2n) is 7.20. The van der Waals surface area contributed by atoms with Crippen LogP contribution in [0.4, 0.5) is 5.69 Å². The van der Waals surface area contributed by atoms with Crippen molar-refractivity contribution in [1.29, 1.82) is 5.41 Å². The molecule has 0 saturated carbocycles. The predicted octanol–water partition coefficient (Wildman–Crippen LogP) is 5.74. The molecule has 1 aromatic heterocycles. The Kier molecular flexibility index (Phi) is 4.29. The molecule has 3 N–H and O–H groups in total. The minimum atomic E-state index is 0.130. The maximum absolute atomic E-state index is 10.8. The molecule has 0 bridgehead atoms. The molecule has 0 fully saturated rings. The number of aromatic hydroxyl groups is 1. The van der Waals surface area contributed by atoms with Gasteiger partial charge in [-0.05, 0) is 19.1 Å². The molecule has 0 amide bonds. The van der Waals surface area contributed by atoms with Crippen LogP contribution in [0.3, 0.4) is 0 Å². The first kappa shape index (κ1) is 18.4. The molecular formula is C24H19N3O2S. The number of aryl methyl sites for hydroxylation is 1. The van der Waals surface area contributed by atoms with Gasteiger partial charge in [-0.25, -0.2) is 4.98 Å². The Morgan fingerprint density at radius 3 is 2.47 bits per heavy atom. The number of fused-ring (bicyclic) bond motifs is 1. The summed E-state index contributed by atoms with van der Waals surface area (Å²) >= 11 is 1.48. The van der Waals surface area contributed by atoms with Gasteiger partial charge < -0.3 is 15.1 Å². The Bertz CT molecular complexity index is 1330. The van der Waals surface area contributed by atoms with Crippen LogP contribution in [-0.4, -0.2) is 27.6 Å². The highest BCUT2D eigenvalue weighted by Gasteiger charge is 2.32. The Hall–Kier alpha value is -3.64. The van der Waals surface area contributed by atoms with Gasteiger partial charge in [0.05, 0.1) is 23.5 Å². The van der Waals surface area contributed by atoms with Gasteiger partial charge in [-0.3, -0.25) is 5.41 Å². The number of aliphatic hydroxyl groups is 1. The molecule has 0 aliphatic carbocycles. The number of amidine groups is 1. The van der Waals surface area contributed by atoms with Gasteiger partial charge in [0, 0.05) is 21.2 Å². The first-order chi connectivity index (χ1) is 14.5. The number of hydrogen-bond donors (Lipinski definition) is 3. The number of nitrogens with one attached hydrogen (secondary N) is 1. The van der Waals surface area contributed by atoms with Gasteiger partial charge in [-0.15, -0.1) is 11.3 Å². The van der Waals surface area contributed by atoms with Crippen molar-refractivity contribution in [2.45, 2.75) is 6.92 Å². The molecule has 30 heavy (non-hydrogen) atoms. The molecule has 6 heteroatoms. The third kappa shape index (κ3) is 2.84. The monoisotopic (exact) mass is 413 g/mol. The van der Waals surface area contributed by atoms with Gasteiger partial charge in [0.1, 0.15) is 22.4 Å². The van der Waals surface area contributed by atoms with Crippen molar-refractivity contribution in [3.8, 4) is 17.0 Å². The fourth-order valence-electron chi connectivity index (χ4n) is 3.89.